The number of aromatic nitrogens is 1. The van der Waals surface area contributed by atoms with Crippen molar-refractivity contribution in [3.63, 3.8) is 0 Å². The van der Waals surface area contributed by atoms with Gasteiger partial charge in [-0.3, -0.25) is 4.79 Å². The predicted molar refractivity (Wildman–Crippen MR) is 158 cm³/mol. The Hall–Kier alpha value is -4.66. The van der Waals surface area contributed by atoms with E-state index in [1.54, 1.807) is 34.3 Å². The van der Waals surface area contributed by atoms with Crippen molar-refractivity contribution in [1.82, 2.24) is 9.29 Å². The van der Waals surface area contributed by atoms with Crippen LogP contribution in [0.3, 0.4) is 0 Å². The Morgan fingerprint density at radius 3 is 2.17 bits per heavy atom. The molecule has 0 aliphatic carbocycles. The van der Waals surface area contributed by atoms with Crippen molar-refractivity contribution in [2.24, 2.45) is 0 Å². The van der Waals surface area contributed by atoms with E-state index in [9.17, 15) is 18.3 Å². The van der Waals surface area contributed by atoms with Gasteiger partial charge in [0.25, 0.3) is 0 Å². The quantitative estimate of drug-likeness (QED) is 0.223. The zero-order valence-corrected chi connectivity index (χ0v) is 24.5. The van der Waals surface area contributed by atoms with Gasteiger partial charge in [-0.1, -0.05) is 5.92 Å². The van der Waals surface area contributed by atoms with Crippen molar-refractivity contribution in [3.8, 4) is 34.8 Å². The number of rotatable bonds is 13. The first-order valence-electron chi connectivity index (χ1n) is 12.9. The van der Waals surface area contributed by atoms with E-state index in [-0.39, 0.29) is 17.9 Å². The van der Waals surface area contributed by atoms with Gasteiger partial charge in [0.05, 0.1) is 26.2 Å². The van der Waals surface area contributed by atoms with Crippen molar-refractivity contribution >= 4 is 26.9 Å². The number of carbonyl (C=O) groups is 1. The molecule has 4 rings (SSSR count). The smallest absolute Gasteiger partial charge is 0.322 e. The predicted octanol–water partition coefficient (Wildman–Crippen LogP) is 4.09. The monoisotopic (exact) mass is 592 g/mol. The van der Waals surface area contributed by atoms with Gasteiger partial charge in [-0.25, -0.2) is 8.42 Å². The van der Waals surface area contributed by atoms with Crippen molar-refractivity contribution in [1.29, 1.82) is 0 Å². The number of sulfonamides is 1. The molecule has 10 nitrogen and oxygen atoms in total. The molecule has 11 heteroatoms. The minimum Gasteiger partial charge on any atom is -0.497 e. The van der Waals surface area contributed by atoms with Crippen LogP contribution in [0.4, 0.5) is 0 Å². The molecule has 0 aliphatic heterocycles. The molecule has 0 fully saturated rings. The molecular weight excluding hydrogens is 560 g/mol. The average Bonchev–Trinajstić information content (AvgIpc) is 3.32. The van der Waals surface area contributed by atoms with E-state index in [2.05, 4.69) is 16.6 Å². The van der Waals surface area contributed by atoms with Gasteiger partial charge in [-0.15, -0.1) is 5.92 Å². The maximum atomic E-state index is 13.2. The number of hydrogen-bond acceptors (Lipinski definition) is 7. The molecule has 0 saturated carbocycles. The Labute approximate surface area is 244 Å². The van der Waals surface area contributed by atoms with Crippen LogP contribution in [0.15, 0.2) is 71.8 Å². The number of aliphatic carboxylic acids is 1. The summed E-state index contributed by atoms with van der Waals surface area (Å²) in [6.45, 7) is 2.29. The van der Waals surface area contributed by atoms with Gasteiger partial charge in [-0.2, -0.15) is 4.72 Å². The van der Waals surface area contributed by atoms with Crippen LogP contribution in [-0.4, -0.2) is 58.0 Å². The van der Waals surface area contributed by atoms with Gasteiger partial charge in [0, 0.05) is 36.1 Å². The molecule has 2 N–H and O–H groups in total. The zero-order chi connectivity index (χ0) is 30.3. The largest absolute Gasteiger partial charge is 0.497 e. The van der Waals surface area contributed by atoms with E-state index in [4.69, 9.17) is 18.9 Å². The van der Waals surface area contributed by atoms with E-state index in [0.717, 1.165) is 16.5 Å². The standard InChI is InChI=1S/C31H32N2O8S/c1-5-6-13-41-23-7-10-27(11-8-23)42(36,37)32-29(31(34)35)16-22-20-33(30-12-9-24(38-2)18-28(22)30)19-21-14-25(39-3)17-26(15-21)40-4/h7-12,14-15,17-18,20,29,32H,13,16,19H2,1-4H3,(H,34,35). The molecule has 0 saturated heterocycles. The zero-order valence-electron chi connectivity index (χ0n) is 23.7. The van der Waals surface area contributed by atoms with Gasteiger partial charge in [0.1, 0.15) is 35.6 Å². The Morgan fingerprint density at radius 2 is 1.57 bits per heavy atom. The second-order valence-corrected chi connectivity index (χ2v) is 11.0. The molecule has 0 radical (unpaired) electrons. The SMILES string of the molecule is CC#CCOc1ccc(S(=O)(=O)NC(Cc2cn(Cc3cc(OC)cc(OC)c3)c3ccc(OC)cc23)C(=O)O)cc1. The van der Waals surface area contributed by atoms with Crippen molar-refractivity contribution in [2.75, 3.05) is 27.9 Å². The topological polar surface area (TPSA) is 125 Å². The van der Waals surface area contributed by atoms with E-state index in [1.807, 2.05) is 41.1 Å². The summed E-state index contributed by atoms with van der Waals surface area (Å²) >= 11 is 0. The number of carboxylic acids is 1. The highest BCUT2D eigenvalue weighted by Crippen LogP contribution is 2.30. The normalized spacial score (nSPS) is 11.8. The van der Waals surface area contributed by atoms with Crippen LogP contribution < -0.4 is 23.7 Å². The van der Waals surface area contributed by atoms with Gasteiger partial charge < -0.3 is 28.6 Å². The number of ether oxygens (including phenoxy) is 4. The van der Waals surface area contributed by atoms with E-state index < -0.39 is 22.0 Å². The van der Waals surface area contributed by atoms with Crippen LogP contribution in [0, 0.1) is 11.8 Å². The van der Waals surface area contributed by atoms with Crippen LogP contribution >= 0.6 is 0 Å². The van der Waals surface area contributed by atoms with E-state index in [1.165, 1.54) is 24.3 Å². The summed E-state index contributed by atoms with van der Waals surface area (Å²) in [6, 6.07) is 15.3. The molecular formula is C31H32N2O8S. The number of fused-ring (bicyclic) bond motifs is 1. The number of hydrogen-bond donors (Lipinski definition) is 2. The fourth-order valence-corrected chi connectivity index (χ4v) is 5.68. The molecule has 220 valence electrons. The number of carboxylic acid groups (broad SMARTS) is 1. The molecule has 4 aromatic rings. The highest BCUT2D eigenvalue weighted by Gasteiger charge is 2.27. The number of methoxy groups -OCH3 is 3. The molecule has 1 atom stereocenters. The van der Waals surface area contributed by atoms with Crippen molar-refractivity contribution in [2.45, 2.75) is 30.8 Å². The third-order valence-electron chi connectivity index (χ3n) is 6.58. The van der Waals surface area contributed by atoms with Crippen molar-refractivity contribution < 1.29 is 37.3 Å². The molecule has 0 bridgehead atoms. The number of nitrogens with zero attached hydrogens (tertiary/aromatic N) is 1. The Balaban J connectivity index is 1.64. The van der Waals surface area contributed by atoms with Gasteiger partial charge in [0.2, 0.25) is 10.0 Å². The van der Waals surface area contributed by atoms with Crippen LogP contribution in [0.1, 0.15) is 18.1 Å². The first-order chi connectivity index (χ1) is 20.2. The number of nitrogens with one attached hydrogen (secondary N) is 1. The molecule has 1 unspecified atom stereocenters. The Morgan fingerprint density at radius 1 is 0.929 bits per heavy atom. The van der Waals surface area contributed by atoms with E-state index >= 15 is 0 Å². The summed E-state index contributed by atoms with van der Waals surface area (Å²) in [7, 11) is 0.531. The Kier molecular flexibility index (Phi) is 9.62. The third kappa shape index (κ3) is 7.15. The maximum absolute atomic E-state index is 13.2. The lowest BCUT2D eigenvalue weighted by molar-refractivity contribution is -0.138. The molecule has 42 heavy (non-hydrogen) atoms. The first kappa shape index (κ1) is 30.3. The van der Waals surface area contributed by atoms with Crippen LogP contribution in [0.25, 0.3) is 10.9 Å². The fraction of sp³-hybridized carbons (Fsp3) is 0.258. The number of benzene rings is 3. The summed E-state index contributed by atoms with van der Waals surface area (Å²) in [6.07, 6.45) is 1.72. The highest BCUT2D eigenvalue weighted by atomic mass is 32.2. The highest BCUT2D eigenvalue weighted by molar-refractivity contribution is 7.89. The van der Waals surface area contributed by atoms with Gasteiger partial charge in [0.15, 0.2) is 0 Å². The van der Waals surface area contributed by atoms with Gasteiger partial charge in [-0.05, 0) is 72.6 Å². The maximum Gasteiger partial charge on any atom is 0.322 e. The van der Waals surface area contributed by atoms with Crippen LogP contribution in [0.2, 0.25) is 0 Å². The van der Waals surface area contributed by atoms with E-state index in [0.29, 0.717) is 35.1 Å². The second kappa shape index (κ2) is 13.3. The summed E-state index contributed by atoms with van der Waals surface area (Å²) < 4.78 is 52.3. The molecule has 1 aromatic heterocycles. The Bertz CT molecular complexity index is 1710. The van der Waals surface area contributed by atoms with Crippen LogP contribution in [-0.2, 0) is 27.8 Å². The minimum atomic E-state index is -4.16. The summed E-state index contributed by atoms with van der Waals surface area (Å²) in [5.41, 5.74) is 2.35. The summed E-state index contributed by atoms with van der Waals surface area (Å²) in [5, 5.41) is 10.8. The molecule has 3 aromatic carbocycles. The second-order valence-electron chi connectivity index (χ2n) is 9.29. The first-order valence-corrected chi connectivity index (χ1v) is 14.4. The van der Waals surface area contributed by atoms with Crippen molar-refractivity contribution in [3.05, 3.63) is 78.0 Å². The van der Waals surface area contributed by atoms with Crippen LogP contribution in [0.5, 0.6) is 23.0 Å². The summed E-state index contributed by atoms with van der Waals surface area (Å²) in [5.74, 6) is 6.47. The lowest BCUT2D eigenvalue weighted by Crippen LogP contribution is -2.42. The molecule has 0 aliphatic rings. The summed E-state index contributed by atoms with van der Waals surface area (Å²) in [4.78, 5) is 12.2. The molecule has 0 spiro atoms. The third-order valence-corrected chi connectivity index (χ3v) is 8.06. The lowest BCUT2D eigenvalue weighted by Gasteiger charge is -2.15. The minimum absolute atomic E-state index is 0.0845. The molecule has 1 heterocycles. The van der Waals surface area contributed by atoms with Gasteiger partial charge >= 0.3 is 5.97 Å². The lowest BCUT2D eigenvalue weighted by atomic mass is 10.1. The molecule has 0 amide bonds. The average molecular weight is 593 g/mol. The fourth-order valence-electron chi connectivity index (χ4n) is 4.49.